The quantitative estimate of drug-likeness (QED) is 0.931. The van der Waals surface area contributed by atoms with Crippen molar-refractivity contribution in [2.45, 2.75) is 12.8 Å². The Morgan fingerprint density at radius 3 is 2.48 bits per heavy atom. The molecule has 1 atom stereocenters. The summed E-state index contributed by atoms with van der Waals surface area (Å²) in [5.41, 5.74) is 1.40. The molecule has 1 aliphatic heterocycles. The molecule has 1 N–H and O–H groups in total. The fourth-order valence-corrected chi connectivity index (χ4v) is 3.06. The molecule has 25 heavy (non-hydrogen) atoms. The Morgan fingerprint density at radius 2 is 1.80 bits per heavy atom. The zero-order valence-electron chi connectivity index (χ0n) is 14.3. The lowest BCUT2D eigenvalue weighted by molar-refractivity contribution is -0.121. The largest absolute Gasteiger partial charge is 0.497 e. The van der Waals surface area contributed by atoms with Crippen molar-refractivity contribution in [2.75, 3.05) is 25.5 Å². The minimum atomic E-state index is -0.184. The zero-order valence-corrected chi connectivity index (χ0v) is 14.3. The number of hydrogen-bond donors (Lipinski definition) is 1. The topological polar surface area (TPSA) is 58.6 Å². The molecule has 5 nitrogen and oxygen atoms in total. The van der Waals surface area contributed by atoms with Gasteiger partial charge < -0.3 is 15.0 Å². The molecule has 0 aromatic heterocycles. The van der Waals surface area contributed by atoms with Gasteiger partial charge in [0, 0.05) is 24.3 Å². The second-order valence-electron chi connectivity index (χ2n) is 6.17. The minimum Gasteiger partial charge on any atom is -0.497 e. The summed E-state index contributed by atoms with van der Waals surface area (Å²) < 4.78 is 5.12. The van der Waals surface area contributed by atoms with Crippen LogP contribution in [0.15, 0.2) is 54.6 Å². The first-order valence-corrected chi connectivity index (χ1v) is 8.46. The van der Waals surface area contributed by atoms with E-state index >= 15 is 0 Å². The molecular weight excluding hydrogens is 316 g/mol. The highest BCUT2D eigenvalue weighted by atomic mass is 16.5. The number of carbonyl (C=O) groups is 2. The number of carbonyl (C=O) groups excluding carboxylic acids is 2. The third-order valence-corrected chi connectivity index (χ3v) is 4.46. The Bertz CT molecular complexity index is 728. The summed E-state index contributed by atoms with van der Waals surface area (Å²) in [5.74, 6) is 0.463. The molecule has 3 rings (SSSR count). The van der Waals surface area contributed by atoms with Gasteiger partial charge in [0.1, 0.15) is 5.75 Å². The maximum atomic E-state index is 12.7. The number of benzene rings is 2. The van der Waals surface area contributed by atoms with Gasteiger partial charge in [-0.1, -0.05) is 18.2 Å². The molecular formula is C20H22N2O3. The zero-order chi connectivity index (χ0) is 17.6. The van der Waals surface area contributed by atoms with Gasteiger partial charge in [0.25, 0.3) is 5.91 Å². The summed E-state index contributed by atoms with van der Waals surface area (Å²) in [6, 6.07) is 16.5. The van der Waals surface area contributed by atoms with Gasteiger partial charge in [-0.3, -0.25) is 9.59 Å². The van der Waals surface area contributed by atoms with E-state index in [9.17, 15) is 9.59 Å². The van der Waals surface area contributed by atoms with Crippen LogP contribution in [0.25, 0.3) is 0 Å². The molecule has 2 aromatic rings. The maximum Gasteiger partial charge on any atom is 0.253 e. The number of nitrogens with zero attached hydrogens (tertiary/aromatic N) is 1. The summed E-state index contributed by atoms with van der Waals surface area (Å²) in [7, 11) is 1.59. The average molecular weight is 338 g/mol. The molecule has 0 bridgehead atoms. The SMILES string of the molecule is COc1ccc(C(=O)N2CCCC(C(=O)Nc3ccccc3)C2)cc1. The molecule has 0 saturated carbocycles. The van der Waals surface area contributed by atoms with Crippen LogP contribution in [-0.2, 0) is 4.79 Å². The minimum absolute atomic E-state index is 0.0292. The first-order chi connectivity index (χ1) is 12.2. The van der Waals surface area contributed by atoms with Crippen molar-refractivity contribution < 1.29 is 14.3 Å². The fraction of sp³-hybridized carbons (Fsp3) is 0.300. The van der Waals surface area contributed by atoms with Crippen molar-refractivity contribution in [3.8, 4) is 5.75 Å². The summed E-state index contributed by atoms with van der Waals surface area (Å²) in [6.07, 6.45) is 1.62. The summed E-state index contributed by atoms with van der Waals surface area (Å²) in [5, 5.41) is 2.93. The fourth-order valence-electron chi connectivity index (χ4n) is 3.06. The molecule has 1 unspecified atom stereocenters. The van der Waals surface area contributed by atoms with Crippen LogP contribution in [0.2, 0.25) is 0 Å². The molecule has 0 aliphatic carbocycles. The Balaban J connectivity index is 1.63. The number of amides is 2. The maximum absolute atomic E-state index is 12.7. The van der Waals surface area contributed by atoms with Crippen LogP contribution in [0.5, 0.6) is 5.75 Å². The Hall–Kier alpha value is -2.82. The molecule has 1 aliphatic rings. The highest BCUT2D eigenvalue weighted by molar-refractivity contribution is 5.96. The molecule has 1 saturated heterocycles. The predicted molar refractivity (Wildman–Crippen MR) is 96.7 cm³/mol. The number of hydrogen-bond acceptors (Lipinski definition) is 3. The molecule has 0 radical (unpaired) electrons. The van der Waals surface area contributed by atoms with Gasteiger partial charge >= 0.3 is 0 Å². The van der Waals surface area contributed by atoms with Gasteiger partial charge in [-0.15, -0.1) is 0 Å². The Morgan fingerprint density at radius 1 is 1.08 bits per heavy atom. The monoisotopic (exact) mass is 338 g/mol. The second kappa shape index (κ2) is 7.83. The molecule has 1 heterocycles. The number of anilines is 1. The normalized spacial score (nSPS) is 17.0. The van der Waals surface area contributed by atoms with Crippen LogP contribution in [0, 0.1) is 5.92 Å². The van der Waals surface area contributed by atoms with Crippen molar-refractivity contribution in [3.05, 3.63) is 60.2 Å². The van der Waals surface area contributed by atoms with Gasteiger partial charge in [-0.25, -0.2) is 0 Å². The number of methoxy groups -OCH3 is 1. The van der Waals surface area contributed by atoms with E-state index in [1.54, 1.807) is 36.3 Å². The molecule has 2 aromatic carbocycles. The van der Waals surface area contributed by atoms with Gasteiger partial charge in [0.05, 0.1) is 13.0 Å². The van der Waals surface area contributed by atoms with Crippen molar-refractivity contribution in [1.29, 1.82) is 0 Å². The lowest BCUT2D eigenvalue weighted by Crippen LogP contribution is -2.43. The van der Waals surface area contributed by atoms with E-state index in [2.05, 4.69) is 5.32 Å². The summed E-state index contributed by atoms with van der Waals surface area (Å²) >= 11 is 0. The molecule has 130 valence electrons. The van der Waals surface area contributed by atoms with Crippen molar-refractivity contribution >= 4 is 17.5 Å². The first-order valence-electron chi connectivity index (χ1n) is 8.46. The number of piperidine rings is 1. The van der Waals surface area contributed by atoms with Crippen molar-refractivity contribution in [3.63, 3.8) is 0 Å². The van der Waals surface area contributed by atoms with Gasteiger partial charge in [-0.2, -0.15) is 0 Å². The second-order valence-corrected chi connectivity index (χ2v) is 6.17. The van der Waals surface area contributed by atoms with E-state index in [-0.39, 0.29) is 17.7 Å². The lowest BCUT2D eigenvalue weighted by Gasteiger charge is -2.32. The predicted octanol–water partition coefficient (Wildman–Crippen LogP) is 3.19. The van der Waals surface area contributed by atoms with E-state index in [1.807, 2.05) is 30.3 Å². The average Bonchev–Trinajstić information content (AvgIpc) is 2.68. The van der Waals surface area contributed by atoms with E-state index in [0.29, 0.717) is 18.7 Å². The van der Waals surface area contributed by atoms with Crippen LogP contribution in [0.1, 0.15) is 23.2 Å². The number of ether oxygens (including phenoxy) is 1. The van der Waals surface area contributed by atoms with Crippen molar-refractivity contribution in [2.24, 2.45) is 5.92 Å². The smallest absolute Gasteiger partial charge is 0.253 e. The van der Waals surface area contributed by atoms with Crippen LogP contribution in [-0.4, -0.2) is 36.9 Å². The van der Waals surface area contributed by atoms with Crippen LogP contribution >= 0.6 is 0 Å². The van der Waals surface area contributed by atoms with Gasteiger partial charge in [-0.05, 0) is 49.2 Å². The third kappa shape index (κ3) is 4.18. The molecule has 1 fully saturated rings. The highest BCUT2D eigenvalue weighted by Crippen LogP contribution is 2.21. The third-order valence-electron chi connectivity index (χ3n) is 4.46. The first kappa shape index (κ1) is 17.0. The lowest BCUT2D eigenvalue weighted by atomic mass is 9.96. The summed E-state index contributed by atoms with van der Waals surface area (Å²) in [6.45, 7) is 1.13. The number of rotatable bonds is 4. The number of para-hydroxylation sites is 1. The van der Waals surface area contributed by atoms with Gasteiger partial charge in [0.2, 0.25) is 5.91 Å². The number of likely N-dealkylation sites (tertiary alicyclic amines) is 1. The van der Waals surface area contributed by atoms with Crippen molar-refractivity contribution in [1.82, 2.24) is 4.90 Å². The highest BCUT2D eigenvalue weighted by Gasteiger charge is 2.29. The molecule has 5 heteroatoms. The van der Waals surface area contributed by atoms with Crippen LogP contribution in [0.4, 0.5) is 5.69 Å². The van der Waals surface area contributed by atoms with Gasteiger partial charge in [0.15, 0.2) is 0 Å². The van der Waals surface area contributed by atoms with Crippen LogP contribution in [0.3, 0.4) is 0 Å². The number of nitrogens with one attached hydrogen (secondary N) is 1. The van der Waals surface area contributed by atoms with E-state index in [1.165, 1.54) is 0 Å². The Labute approximate surface area is 147 Å². The van der Waals surface area contributed by atoms with E-state index in [0.717, 1.165) is 24.3 Å². The van der Waals surface area contributed by atoms with Crippen LogP contribution < -0.4 is 10.1 Å². The van der Waals surface area contributed by atoms with E-state index < -0.39 is 0 Å². The Kier molecular flexibility index (Phi) is 5.33. The summed E-state index contributed by atoms with van der Waals surface area (Å²) in [4.78, 5) is 26.9. The van der Waals surface area contributed by atoms with E-state index in [4.69, 9.17) is 4.74 Å². The standard InChI is InChI=1S/C20H22N2O3/c1-25-18-11-9-15(10-12-18)20(24)22-13-5-6-16(14-22)19(23)21-17-7-3-2-4-8-17/h2-4,7-12,16H,5-6,13-14H2,1H3,(H,21,23). The molecule has 0 spiro atoms. The molecule has 2 amide bonds.